The van der Waals surface area contributed by atoms with E-state index in [0.717, 1.165) is 10.6 Å². The van der Waals surface area contributed by atoms with Gasteiger partial charge in [-0.05, 0) is 24.6 Å². The number of halogens is 2. The average Bonchev–Trinajstić information content (AvgIpc) is 2.47. The van der Waals surface area contributed by atoms with Crippen LogP contribution < -0.4 is 0 Å². The number of aryl methyl sites for hydroxylation is 1. The van der Waals surface area contributed by atoms with Gasteiger partial charge in [0.25, 0.3) is 0 Å². The standard InChI is InChI=1S/C16H12ClFN2S/c1-10-19-15-13(16(17)20-10)7-12(8-14(15)18)21-9-11-5-3-2-4-6-11/h2-8H,9H2,1H3. The lowest BCUT2D eigenvalue weighted by Gasteiger charge is -2.07. The van der Waals surface area contributed by atoms with Crippen LogP contribution in [0.25, 0.3) is 10.9 Å². The van der Waals surface area contributed by atoms with E-state index in [1.807, 2.05) is 36.4 Å². The largest absolute Gasteiger partial charge is 0.230 e. The molecule has 2 aromatic carbocycles. The number of rotatable bonds is 3. The molecular weight excluding hydrogens is 307 g/mol. The van der Waals surface area contributed by atoms with Gasteiger partial charge in [0, 0.05) is 16.0 Å². The van der Waals surface area contributed by atoms with Gasteiger partial charge in [-0.3, -0.25) is 0 Å². The Bertz CT molecular complexity index is 793. The van der Waals surface area contributed by atoms with E-state index < -0.39 is 0 Å². The predicted molar refractivity (Wildman–Crippen MR) is 85.2 cm³/mol. The van der Waals surface area contributed by atoms with Crippen LogP contribution in [-0.4, -0.2) is 9.97 Å². The molecular formula is C16H12ClFN2S. The fourth-order valence-electron chi connectivity index (χ4n) is 2.06. The molecule has 0 spiro atoms. The van der Waals surface area contributed by atoms with Gasteiger partial charge < -0.3 is 0 Å². The van der Waals surface area contributed by atoms with Gasteiger partial charge in [0.05, 0.1) is 0 Å². The highest BCUT2D eigenvalue weighted by Crippen LogP contribution is 2.30. The number of nitrogens with zero attached hydrogens (tertiary/aromatic N) is 2. The van der Waals surface area contributed by atoms with Crippen molar-refractivity contribution in [2.45, 2.75) is 17.6 Å². The molecule has 0 saturated carbocycles. The highest BCUT2D eigenvalue weighted by molar-refractivity contribution is 7.98. The minimum Gasteiger partial charge on any atom is -0.230 e. The lowest BCUT2D eigenvalue weighted by Crippen LogP contribution is -1.94. The summed E-state index contributed by atoms with van der Waals surface area (Å²) in [6.07, 6.45) is 0. The summed E-state index contributed by atoms with van der Waals surface area (Å²) < 4.78 is 14.2. The molecule has 5 heteroatoms. The van der Waals surface area contributed by atoms with Crippen molar-refractivity contribution >= 4 is 34.3 Å². The molecule has 0 aliphatic rings. The SMILES string of the molecule is Cc1nc(Cl)c2cc(SCc3ccccc3)cc(F)c2n1. The number of aromatic nitrogens is 2. The van der Waals surface area contributed by atoms with E-state index in [-0.39, 0.29) is 11.3 Å². The van der Waals surface area contributed by atoms with Crippen LogP contribution >= 0.6 is 23.4 Å². The third kappa shape index (κ3) is 3.17. The van der Waals surface area contributed by atoms with Crippen LogP contribution in [0.4, 0.5) is 4.39 Å². The Morgan fingerprint density at radius 1 is 1.14 bits per heavy atom. The topological polar surface area (TPSA) is 25.8 Å². The van der Waals surface area contributed by atoms with E-state index in [4.69, 9.17) is 11.6 Å². The second kappa shape index (κ2) is 6.00. The van der Waals surface area contributed by atoms with Gasteiger partial charge in [-0.15, -0.1) is 11.8 Å². The fourth-order valence-corrected chi connectivity index (χ4v) is 3.24. The van der Waals surface area contributed by atoms with Gasteiger partial charge >= 0.3 is 0 Å². The molecule has 2 nitrogen and oxygen atoms in total. The van der Waals surface area contributed by atoms with Crippen molar-refractivity contribution in [3.63, 3.8) is 0 Å². The van der Waals surface area contributed by atoms with Crippen molar-refractivity contribution in [3.05, 3.63) is 64.8 Å². The van der Waals surface area contributed by atoms with E-state index in [1.165, 1.54) is 11.6 Å². The summed E-state index contributed by atoms with van der Waals surface area (Å²) in [6, 6.07) is 13.4. The van der Waals surface area contributed by atoms with E-state index >= 15 is 0 Å². The monoisotopic (exact) mass is 318 g/mol. The lowest BCUT2D eigenvalue weighted by molar-refractivity contribution is 0.632. The first-order valence-electron chi connectivity index (χ1n) is 6.43. The van der Waals surface area contributed by atoms with Crippen molar-refractivity contribution < 1.29 is 4.39 Å². The molecule has 0 aliphatic heterocycles. The average molecular weight is 319 g/mol. The number of thioether (sulfide) groups is 1. The Morgan fingerprint density at radius 3 is 2.67 bits per heavy atom. The summed E-state index contributed by atoms with van der Waals surface area (Å²) in [4.78, 5) is 9.01. The molecule has 0 unspecified atom stereocenters. The van der Waals surface area contributed by atoms with Crippen LogP contribution in [0.15, 0.2) is 47.4 Å². The first kappa shape index (κ1) is 14.3. The maximum atomic E-state index is 14.2. The smallest absolute Gasteiger partial charge is 0.150 e. The van der Waals surface area contributed by atoms with Gasteiger partial charge in [-0.2, -0.15) is 0 Å². The van der Waals surface area contributed by atoms with Crippen LogP contribution in [0.1, 0.15) is 11.4 Å². The summed E-state index contributed by atoms with van der Waals surface area (Å²) >= 11 is 7.66. The summed E-state index contributed by atoms with van der Waals surface area (Å²) in [7, 11) is 0. The zero-order valence-electron chi connectivity index (χ0n) is 11.3. The molecule has 21 heavy (non-hydrogen) atoms. The second-order valence-electron chi connectivity index (χ2n) is 4.64. The molecule has 0 radical (unpaired) electrons. The molecule has 1 heterocycles. The molecule has 3 rings (SSSR count). The summed E-state index contributed by atoms with van der Waals surface area (Å²) in [5, 5.41) is 0.844. The normalized spacial score (nSPS) is 11.0. The third-order valence-electron chi connectivity index (χ3n) is 3.04. The molecule has 0 atom stereocenters. The fraction of sp³-hybridized carbons (Fsp3) is 0.125. The highest BCUT2D eigenvalue weighted by atomic mass is 35.5. The second-order valence-corrected chi connectivity index (χ2v) is 6.04. The first-order chi connectivity index (χ1) is 10.1. The zero-order chi connectivity index (χ0) is 14.8. The van der Waals surface area contributed by atoms with Crippen molar-refractivity contribution in [2.75, 3.05) is 0 Å². The quantitative estimate of drug-likeness (QED) is 0.501. The Hall–Kier alpha value is -1.65. The van der Waals surface area contributed by atoms with E-state index in [9.17, 15) is 4.39 Å². The van der Waals surface area contributed by atoms with Crippen molar-refractivity contribution in [2.24, 2.45) is 0 Å². The predicted octanol–water partition coefficient (Wildman–Crippen LogP) is 5.02. The summed E-state index contributed by atoms with van der Waals surface area (Å²) in [6.45, 7) is 1.70. The molecule has 0 bridgehead atoms. The lowest BCUT2D eigenvalue weighted by atomic mass is 10.2. The minimum atomic E-state index is -0.365. The molecule has 0 fully saturated rings. The van der Waals surface area contributed by atoms with Crippen LogP contribution in [0, 0.1) is 12.7 Å². The number of hydrogen-bond acceptors (Lipinski definition) is 3. The molecule has 0 amide bonds. The molecule has 3 aromatic rings. The van der Waals surface area contributed by atoms with Gasteiger partial charge in [0.1, 0.15) is 16.5 Å². The van der Waals surface area contributed by atoms with Crippen LogP contribution in [0.2, 0.25) is 5.15 Å². The van der Waals surface area contributed by atoms with Crippen LogP contribution in [0.5, 0.6) is 0 Å². The molecule has 1 aromatic heterocycles. The van der Waals surface area contributed by atoms with Gasteiger partial charge in [-0.25, -0.2) is 14.4 Å². The highest BCUT2D eigenvalue weighted by Gasteiger charge is 2.11. The van der Waals surface area contributed by atoms with Gasteiger partial charge in [0.15, 0.2) is 5.82 Å². The molecule has 106 valence electrons. The van der Waals surface area contributed by atoms with Crippen LogP contribution in [0.3, 0.4) is 0 Å². The van der Waals surface area contributed by atoms with Gasteiger partial charge in [0.2, 0.25) is 0 Å². The van der Waals surface area contributed by atoms with Crippen molar-refractivity contribution in [3.8, 4) is 0 Å². The Kier molecular flexibility index (Phi) is 4.08. The van der Waals surface area contributed by atoms with Gasteiger partial charge in [-0.1, -0.05) is 41.9 Å². The first-order valence-corrected chi connectivity index (χ1v) is 7.80. The Balaban J connectivity index is 1.93. The van der Waals surface area contributed by atoms with E-state index in [0.29, 0.717) is 16.4 Å². The van der Waals surface area contributed by atoms with Crippen LogP contribution in [-0.2, 0) is 5.75 Å². The van der Waals surface area contributed by atoms with E-state index in [2.05, 4.69) is 9.97 Å². The third-order valence-corrected chi connectivity index (χ3v) is 4.38. The maximum Gasteiger partial charge on any atom is 0.150 e. The molecule has 0 N–H and O–H groups in total. The van der Waals surface area contributed by atoms with E-state index in [1.54, 1.807) is 18.7 Å². The Labute approximate surface area is 131 Å². The number of fused-ring (bicyclic) bond motifs is 1. The number of hydrogen-bond donors (Lipinski definition) is 0. The molecule has 0 aliphatic carbocycles. The number of benzene rings is 2. The molecule has 0 saturated heterocycles. The zero-order valence-corrected chi connectivity index (χ0v) is 12.9. The summed E-state index contributed by atoms with van der Waals surface area (Å²) in [5.41, 5.74) is 1.46. The van der Waals surface area contributed by atoms with Crippen molar-refractivity contribution in [1.29, 1.82) is 0 Å². The Morgan fingerprint density at radius 2 is 1.90 bits per heavy atom. The maximum absolute atomic E-state index is 14.2. The minimum absolute atomic E-state index is 0.275. The van der Waals surface area contributed by atoms with Crippen molar-refractivity contribution in [1.82, 2.24) is 9.97 Å². The summed E-state index contributed by atoms with van der Waals surface area (Å²) in [5.74, 6) is 0.877.